The minimum atomic E-state index is -4.36. The van der Waals surface area contributed by atoms with Crippen LogP contribution in [-0.4, -0.2) is 58.6 Å². The summed E-state index contributed by atoms with van der Waals surface area (Å²) in [5.74, 6) is -6.60. The first kappa shape index (κ1) is 32.1. The Balaban J connectivity index is 1.34. The van der Waals surface area contributed by atoms with Crippen molar-refractivity contribution in [3.05, 3.63) is 114 Å². The van der Waals surface area contributed by atoms with Crippen molar-refractivity contribution in [2.75, 3.05) is 4.72 Å². The molecule has 11 nitrogen and oxygen atoms in total. The first-order valence-corrected chi connectivity index (χ1v) is 14.8. The lowest BCUT2D eigenvalue weighted by Gasteiger charge is -2.17. The predicted octanol–water partition coefficient (Wildman–Crippen LogP) is 2.62. The zero-order valence-electron chi connectivity index (χ0n) is 23.4. The van der Waals surface area contributed by atoms with Gasteiger partial charge in [0.05, 0.1) is 16.1 Å². The predicted molar refractivity (Wildman–Crippen MR) is 161 cm³/mol. The number of rotatable bonds is 10. The van der Waals surface area contributed by atoms with Crippen molar-refractivity contribution in [2.45, 2.75) is 17.4 Å². The summed E-state index contributed by atoms with van der Waals surface area (Å²) in [5.41, 5.74) is -0.183. The number of aliphatic carboxylic acids is 1. The van der Waals surface area contributed by atoms with E-state index in [0.717, 1.165) is 6.07 Å². The highest BCUT2D eigenvalue weighted by Crippen LogP contribution is 2.25. The molecule has 0 fully saturated rings. The number of anilines is 1. The van der Waals surface area contributed by atoms with Crippen LogP contribution in [0.3, 0.4) is 0 Å². The molecular formula is C30H22BF3N4O7S. The fourth-order valence-electron chi connectivity index (χ4n) is 4.76. The number of benzene rings is 3. The lowest BCUT2D eigenvalue weighted by molar-refractivity contribution is -0.139. The number of carboxylic acids is 1. The maximum Gasteiger partial charge on any atom is 0.490 e. The second-order valence-electron chi connectivity index (χ2n) is 9.97. The van der Waals surface area contributed by atoms with Gasteiger partial charge in [0.2, 0.25) is 5.95 Å². The average Bonchev–Trinajstić information content (AvgIpc) is 3.00. The van der Waals surface area contributed by atoms with Gasteiger partial charge in [-0.25, -0.2) is 27.0 Å². The van der Waals surface area contributed by atoms with Gasteiger partial charge in [-0.2, -0.15) is 4.39 Å². The van der Waals surface area contributed by atoms with Gasteiger partial charge in [0.1, 0.15) is 23.2 Å². The second kappa shape index (κ2) is 13.0. The van der Waals surface area contributed by atoms with Gasteiger partial charge in [-0.1, -0.05) is 30.3 Å². The number of carbonyl (C=O) groups is 2. The van der Waals surface area contributed by atoms with Gasteiger partial charge in [0, 0.05) is 35.7 Å². The van der Waals surface area contributed by atoms with E-state index in [2.05, 4.69) is 15.3 Å². The van der Waals surface area contributed by atoms with Crippen molar-refractivity contribution in [2.24, 2.45) is 0 Å². The largest absolute Gasteiger partial charge is 0.490 e. The third kappa shape index (κ3) is 6.83. The molecule has 5 rings (SSSR count). The van der Waals surface area contributed by atoms with Crippen molar-refractivity contribution in [1.29, 1.82) is 0 Å². The average molecular weight is 650 g/mol. The third-order valence-corrected chi connectivity index (χ3v) is 8.34. The summed E-state index contributed by atoms with van der Waals surface area (Å²) in [5, 5.41) is 31.4. The van der Waals surface area contributed by atoms with E-state index in [-0.39, 0.29) is 22.3 Å². The molecule has 0 saturated heterocycles. The van der Waals surface area contributed by atoms with Crippen LogP contribution in [0.1, 0.15) is 15.9 Å². The van der Waals surface area contributed by atoms with Crippen LogP contribution >= 0.6 is 0 Å². The van der Waals surface area contributed by atoms with Gasteiger partial charge in [0.15, 0.2) is 0 Å². The van der Waals surface area contributed by atoms with E-state index in [1.807, 2.05) is 4.72 Å². The number of carboxylic acid groups (broad SMARTS) is 1. The van der Waals surface area contributed by atoms with E-state index >= 15 is 8.78 Å². The number of amides is 1. The van der Waals surface area contributed by atoms with E-state index < -0.39 is 63.9 Å². The van der Waals surface area contributed by atoms with Crippen molar-refractivity contribution in [1.82, 2.24) is 15.3 Å². The Morgan fingerprint density at radius 1 is 0.870 bits per heavy atom. The normalized spacial score (nSPS) is 12.0. The molecule has 3 aromatic carbocycles. The molecular weight excluding hydrogens is 628 g/mol. The molecule has 1 amide bonds. The number of sulfonamides is 1. The summed E-state index contributed by atoms with van der Waals surface area (Å²) >= 11 is 0. The maximum absolute atomic E-state index is 15.0. The van der Waals surface area contributed by atoms with Crippen LogP contribution in [0.5, 0.6) is 0 Å². The highest BCUT2D eigenvalue weighted by Gasteiger charge is 2.28. The monoisotopic (exact) mass is 650 g/mol. The highest BCUT2D eigenvalue weighted by molar-refractivity contribution is 7.92. The smallest absolute Gasteiger partial charge is 0.480 e. The molecule has 234 valence electrons. The minimum Gasteiger partial charge on any atom is -0.480 e. The molecule has 0 spiro atoms. The summed E-state index contributed by atoms with van der Waals surface area (Å²) in [6.45, 7) is 0. The summed E-state index contributed by atoms with van der Waals surface area (Å²) < 4.78 is 71.3. The standard InChI is InChI=1S/C30H22BF3N4O7S/c32-23-14-19(38-46(44,45)20-6-3-16(4-7-20)17-9-11-35-26(34)13-17)15-24(33)27(23)29(39)37-25(30(40)41)12-18-5-8-22(31(42)43)28-21(18)2-1-10-36-28/h1-11,13-15,25,38,42-43H,12H2,(H,37,39)(H,40,41)/t25-/m0/s1. The summed E-state index contributed by atoms with van der Waals surface area (Å²) in [6, 6.07) is 13.2. The lowest BCUT2D eigenvalue weighted by atomic mass is 9.77. The van der Waals surface area contributed by atoms with Gasteiger partial charge in [-0.15, -0.1) is 0 Å². The van der Waals surface area contributed by atoms with E-state index in [4.69, 9.17) is 0 Å². The molecule has 1 atom stereocenters. The van der Waals surface area contributed by atoms with Crippen LogP contribution < -0.4 is 15.5 Å². The van der Waals surface area contributed by atoms with Crippen molar-refractivity contribution in [3.8, 4) is 11.1 Å². The first-order valence-electron chi connectivity index (χ1n) is 13.3. The van der Waals surface area contributed by atoms with Gasteiger partial charge >= 0.3 is 13.1 Å². The Morgan fingerprint density at radius 2 is 1.57 bits per heavy atom. The number of carbonyl (C=O) groups excluding carboxylic acids is 1. The van der Waals surface area contributed by atoms with Gasteiger partial charge in [0.25, 0.3) is 15.9 Å². The van der Waals surface area contributed by atoms with E-state index in [1.165, 1.54) is 60.9 Å². The van der Waals surface area contributed by atoms with E-state index in [9.17, 15) is 37.6 Å². The Hall–Kier alpha value is -5.32. The number of nitrogens with one attached hydrogen (secondary N) is 2. The van der Waals surface area contributed by atoms with Crippen LogP contribution in [0.2, 0.25) is 0 Å². The maximum atomic E-state index is 15.0. The Bertz CT molecular complexity index is 2060. The van der Waals surface area contributed by atoms with Crippen LogP contribution in [0.4, 0.5) is 18.9 Å². The zero-order valence-corrected chi connectivity index (χ0v) is 24.2. The number of hydrogen-bond acceptors (Lipinski definition) is 8. The number of halogens is 3. The van der Waals surface area contributed by atoms with E-state index in [1.54, 1.807) is 6.07 Å². The minimum absolute atomic E-state index is 0.0637. The summed E-state index contributed by atoms with van der Waals surface area (Å²) in [4.78, 5) is 32.2. The molecule has 0 aliphatic carbocycles. The van der Waals surface area contributed by atoms with Crippen LogP contribution in [-0.2, 0) is 21.2 Å². The topological polar surface area (TPSA) is 179 Å². The fourth-order valence-corrected chi connectivity index (χ4v) is 5.80. The molecule has 2 aromatic heterocycles. The first-order chi connectivity index (χ1) is 21.8. The van der Waals surface area contributed by atoms with Crippen LogP contribution in [0.25, 0.3) is 22.0 Å². The molecule has 0 aliphatic heterocycles. The lowest BCUT2D eigenvalue weighted by Crippen LogP contribution is -2.43. The van der Waals surface area contributed by atoms with Crippen molar-refractivity contribution >= 4 is 51.1 Å². The molecule has 5 aromatic rings. The molecule has 16 heteroatoms. The summed E-state index contributed by atoms with van der Waals surface area (Å²) in [6.07, 6.45) is 2.28. The van der Waals surface area contributed by atoms with Gasteiger partial charge in [-0.3, -0.25) is 14.5 Å². The number of aromatic nitrogens is 2. The van der Waals surface area contributed by atoms with E-state index in [0.29, 0.717) is 34.2 Å². The molecule has 46 heavy (non-hydrogen) atoms. The van der Waals surface area contributed by atoms with Crippen molar-refractivity contribution in [3.63, 3.8) is 0 Å². The number of pyridine rings is 2. The second-order valence-corrected chi connectivity index (χ2v) is 11.6. The number of nitrogens with zero attached hydrogens (tertiary/aromatic N) is 2. The number of fused-ring (bicyclic) bond motifs is 1. The molecule has 0 saturated carbocycles. The molecule has 0 aliphatic rings. The molecule has 0 unspecified atom stereocenters. The molecule has 2 heterocycles. The van der Waals surface area contributed by atoms with Crippen LogP contribution in [0, 0.1) is 17.6 Å². The molecule has 5 N–H and O–H groups in total. The van der Waals surface area contributed by atoms with Gasteiger partial charge in [-0.05, 0) is 53.1 Å². The number of hydrogen-bond donors (Lipinski definition) is 5. The fraction of sp³-hybridized carbons (Fsp3) is 0.0667. The molecule has 0 radical (unpaired) electrons. The van der Waals surface area contributed by atoms with Gasteiger partial charge < -0.3 is 20.5 Å². The van der Waals surface area contributed by atoms with Crippen molar-refractivity contribution < 1.29 is 46.3 Å². The summed E-state index contributed by atoms with van der Waals surface area (Å²) in [7, 11) is -6.22. The van der Waals surface area contributed by atoms with Crippen LogP contribution in [0.15, 0.2) is 90.1 Å². The highest BCUT2D eigenvalue weighted by atomic mass is 32.2. The Kier molecular flexibility index (Phi) is 9.04. The zero-order chi connectivity index (χ0) is 33.2. The Morgan fingerprint density at radius 3 is 2.20 bits per heavy atom. The quantitative estimate of drug-likeness (QED) is 0.112. The Labute approximate surface area is 259 Å². The SMILES string of the molecule is O=C(N[C@@H](Cc1ccc(B(O)O)c2ncccc12)C(=O)O)c1c(F)cc(NS(=O)(=O)c2ccc(-c3ccnc(F)c3)cc2)cc1F. The third-order valence-electron chi connectivity index (χ3n) is 6.94. The molecule has 0 bridgehead atoms.